The number of aromatic nitrogens is 4. The van der Waals surface area contributed by atoms with Gasteiger partial charge in [0.05, 0.1) is 12.9 Å². The molecule has 0 radical (unpaired) electrons. The highest BCUT2D eigenvalue weighted by molar-refractivity contribution is 7.46. The predicted octanol–water partition coefficient (Wildman–Crippen LogP) is -1.30. The van der Waals surface area contributed by atoms with Gasteiger partial charge in [0.2, 0.25) is 0 Å². The van der Waals surface area contributed by atoms with Crippen molar-refractivity contribution in [2.45, 2.75) is 37.9 Å². The van der Waals surface area contributed by atoms with E-state index in [1.54, 1.807) is 0 Å². The zero-order valence-corrected chi connectivity index (χ0v) is 14.0. The Balaban J connectivity index is 1.90. The van der Waals surface area contributed by atoms with E-state index in [1.165, 1.54) is 10.9 Å². The van der Waals surface area contributed by atoms with Crippen LogP contribution >= 0.6 is 7.82 Å². The molecule has 2 aromatic heterocycles. The first-order chi connectivity index (χ1) is 11.7. The minimum atomic E-state index is -4.73. The molecule has 0 aromatic carbocycles. The molecule has 0 saturated carbocycles. The van der Waals surface area contributed by atoms with Crippen molar-refractivity contribution in [3.05, 3.63) is 12.2 Å². The van der Waals surface area contributed by atoms with Gasteiger partial charge in [-0.25, -0.2) is 19.5 Å². The molecule has 4 atom stereocenters. The van der Waals surface area contributed by atoms with Crippen LogP contribution in [-0.4, -0.2) is 64.4 Å². The first-order valence-corrected chi connectivity index (χ1v) is 8.95. The van der Waals surface area contributed by atoms with E-state index >= 15 is 0 Å². The van der Waals surface area contributed by atoms with E-state index in [2.05, 4.69) is 19.5 Å². The lowest BCUT2D eigenvalue weighted by Crippen LogP contribution is -2.33. The summed E-state index contributed by atoms with van der Waals surface area (Å²) in [7, 11) is -4.73. The van der Waals surface area contributed by atoms with E-state index in [0.29, 0.717) is 23.4 Å². The zero-order chi connectivity index (χ0) is 18.4. The second-order valence-corrected chi connectivity index (χ2v) is 6.77. The second kappa shape index (κ2) is 6.57. The van der Waals surface area contributed by atoms with E-state index in [0.717, 1.165) is 0 Å². The van der Waals surface area contributed by atoms with Crippen LogP contribution in [0.4, 0.5) is 5.82 Å². The van der Waals surface area contributed by atoms with Gasteiger partial charge in [0.25, 0.3) is 0 Å². The van der Waals surface area contributed by atoms with Crippen molar-refractivity contribution in [1.29, 1.82) is 0 Å². The van der Waals surface area contributed by atoms with Crippen LogP contribution in [0.5, 0.6) is 0 Å². The molecule has 1 aliphatic rings. The Morgan fingerprint density at radius 3 is 2.72 bits per heavy atom. The third-order valence-corrected chi connectivity index (χ3v) is 4.31. The van der Waals surface area contributed by atoms with Crippen LogP contribution < -0.4 is 5.73 Å². The fourth-order valence-electron chi connectivity index (χ4n) is 2.60. The molecule has 0 bridgehead atoms. The molecule has 13 heteroatoms. The minimum absolute atomic E-state index is 0.176. The number of ether oxygens (including phenoxy) is 1. The maximum atomic E-state index is 10.8. The van der Waals surface area contributed by atoms with Crippen LogP contribution in [-0.2, 0) is 20.2 Å². The number of aliphatic hydroxyl groups excluding tert-OH is 2. The molecule has 25 heavy (non-hydrogen) atoms. The van der Waals surface area contributed by atoms with Gasteiger partial charge in [0.15, 0.2) is 17.7 Å². The number of hydrogen-bond donors (Lipinski definition) is 5. The Hall–Kier alpha value is -1.66. The summed E-state index contributed by atoms with van der Waals surface area (Å²) < 4.78 is 22.0. The van der Waals surface area contributed by atoms with Gasteiger partial charge in [0, 0.05) is 6.42 Å². The lowest BCUT2D eigenvalue weighted by molar-refractivity contribution is -0.0504. The summed E-state index contributed by atoms with van der Waals surface area (Å²) in [5, 5.41) is 20.3. The van der Waals surface area contributed by atoms with E-state index in [1.807, 2.05) is 6.92 Å². The zero-order valence-electron chi connectivity index (χ0n) is 13.1. The first kappa shape index (κ1) is 18.1. The Labute approximate surface area is 141 Å². The summed E-state index contributed by atoms with van der Waals surface area (Å²) in [6, 6.07) is 0. The molecule has 0 spiro atoms. The summed E-state index contributed by atoms with van der Waals surface area (Å²) in [6.07, 6.45) is -3.16. The standard InChI is InChI=1S/C12H18N5O7P/c1-2-6-15-10(13)7-11(16-6)17(4-14-7)12-9(19)8(18)5(24-12)3-23-25(20,21)22/h4-5,8-9,12,18-19H,2-3H2,1H3,(H2,13,15,16)(H2,20,21,22)/t5-,8-,9-,12-/m1/s1. The molecule has 1 aliphatic heterocycles. The molecule has 3 heterocycles. The average molecular weight is 375 g/mol. The number of rotatable bonds is 5. The number of aliphatic hydroxyl groups is 2. The highest BCUT2D eigenvalue weighted by Crippen LogP contribution is 2.38. The number of imidazole rings is 1. The molecule has 3 rings (SSSR count). The van der Waals surface area contributed by atoms with E-state index < -0.39 is 39.0 Å². The van der Waals surface area contributed by atoms with Gasteiger partial charge in [-0.1, -0.05) is 6.92 Å². The van der Waals surface area contributed by atoms with Crippen LogP contribution in [0.2, 0.25) is 0 Å². The van der Waals surface area contributed by atoms with E-state index in [4.69, 9.17) is 20.3 Å². The summed E-state index contributed by atoms with van der Waals surface area (Å²) >= 11 is 0. The fourth-order valence-corrected chi connectivity index (χ4v) is 2.94. The van der Waals surface area contributed by atoms with Crippen molar-refractivity contribution in [3.63, 3.8) is 0 Å². The van der Waals surface area contributed by atoms with Crippen molar-refractivity contribution in [2.24, 2.45) is 0 Å². The topological polar surface area (TPSA) is 186 Å². The van der Waals surface area contributed by atoms with Gasteiger partial charge in [0.1, 0.15) is 29.7 Å². The summed E-state index contributed by atoms with van der Waals surface area (Å²) in [5.41, 5.74) is 6.48. The molecule has 0 amide bonds. The summed E-state index contributed by atoms with van der Waals surface area (Å²) in [5.74, 6) is 0.649. The van der Waals surface area contributed by atoms with Crippen LogP contribution in [0.25, 0.3) is 11.2 Å². The summed E-state index contributed by atoms with van der Waals surface area (Å²) in [6.45, 7) is 1.25. The molecular formula is C12H18N5O7P. The number of anilines is 1. The van der Waals surface area contributed by atoms with Gasteiger partial charge in [-0.3, -0.25) is 9.09 Å². The van der Waals surface area contributed by atoms with Crippen LogP contribution in [0.1, 0.15) is 19.0 Å². The van der Waals surface area contributed by atoms with Crippen molar-refractivity contribution in [3.8, 4) is 0 Å². The Morgan fingerprint density at radius 1 is 1.36 bits per heavy atom. The second-order valence-electron chi connectivity index (χ2n) is 5.54. The number of aryl methyl sites for hydroxylation is 1. The monoisotopic (exact) mass is 375 g/mol. The number of phosphoric acid groups is 1. The SMILES string of the molecule is CCc1nc(N)c2ncn([C@@H]3O[C@H](COP(=O)(O)O)[C@@H](O)[C@H]3O)c2n1. The number of nitrogen functional groups attached to an aromatic ring is 1. The molecule has 12 nitrogen and oxygen atoms in total. The van der Waals surface area contributed by atoms with Gasteiger partial charge < -0.3 is 30.5 Å². The Bertz CT molecular complexity index is 824. The van der Waals surface area contributed by atoms with Gasteiger partial charge in [-0.2, -0.15) is 0 Å². The quantitative estimate of drug-likeness (QED) is 0.391. The molecule has 2 aromatic rings. The number of nitrogens with two attached hydrogens (primary N) is 1. The Morgan fingerprint density at radius 2 is 2.08 bits per heavy atom. The number of nitrogens with zero attached hydrogens (tertiary/aromatic N) is 4. The smallest absolute Gasteiger partial charge is 0.387 e. The van der Waals surface area contributed by atoms with Gasteiger partial charge in [-0.05, 0) is 0 Å². The average Bonchev–Trinajstić information content (AvgIpc) is 3.08. The highest BCUT2D eigenvalue weighted by Gasteiger charge is 2.45. The first-order valence-electron chi connectivity index (χ1n) is 7.42. The number of phosphoric ester groups is 1. The van der Waals surface area contributed by atoms with E-state index in [-0.39, 0.29) is 5.82 Å². The predicted molar refractivity (Wildman–Crippen MR) is 83.0 cm³/mol. The van der Waals surface area contributed by atoms with Crippen molar-refractivity contribution < 1.29 is 33.8 Å². The van der Waals surface area contributed by atoms with Crippen molar-refractivity contribution >= 4 is 24.8 Å². The van der Waals surface area contributed by atoms with E-state index in [9.17, 15) is 14.8 Å². The van der Waals surface area contributed by atoms with Crippen LogP contribution in [0.3, 0.4) is 0 Å². The minimum Gasteiger partial charge on any atom is -0.387 e. The van der Waals surface area contributed by atoms with Crippen LogP contribution in [0, 0.1) is 0 Å². The normalized spacial score (nSPS) is 27.2. The van der Waals surface area contributed by atoms with Crippen molar-refractivity contribution in [1.82, 2.24) is 19.5 Å². The fraction of sp³-hybridized carbons (Fsp3) is 0.583. The molecule has 1 fully saturated rings. The maximum absolute atomic E-state index is 10.8. The third kappa shape index (κ3) is 3.51. The highest BCUT2D eigenvalue weighted by atomic mass is 31.2. The molecule has 138 valence electrons. The molecule has 6 N–H and O–H groups in total. The third-order valence-electron chi connectivity index (χ3n) is 3.83. The van der Waals surface area contributed by atoms with Gasteiger partial charge >= 0.3 is 7.82 Å². The largest absolute Gasteiger partial charge is 0.469 e. The maximum Gasteiger partial charge on any atom is 0.469 e. The lowest BCUT2D eigenvalue weighted by Gasteiger charge is -2.16. The van der Waals surface area contributed by atoms with Gasteiger partial charge in [-0.15, -0.1) is 0 Å². The summed E-state index contributed by atoms with van der Waals surface area (Å²) in [4.78, 5) is 30.0. The van der Waals surface area contributed by atoms with Crippen LogP contribution in [0.15, 0.2) is 6.33 Å². The lowest BCUT2D eigenvalue weighted by atomic mass is 10.1. The number of hydrogen-bond acceptors (Lipinski definition) is 9. The molecule has 1 saturated heterocycles. The molecular weight excluding hydrogens is 357 g/mol. The Kier molecular flexibility index (Phi) is 4.77. The molecule has 0 aliphatic carbocycles. The van der Waals surface area contributed by atoms with Crippen molar-refractivity contribution in [2.75, 3.05) is 12.3 Å². The number of fused-ring (bicyclic) bond motifs is 1. The molecule has 0 unspecified atom stereocenters.